The van der Waals surface area contributed by atoms with E-state index in [0.717, 1.165) is 11.4 Å². The predicted octanol–water partition coefficient (Wildman–Crippen LogP) is 4.36. The number of amides is 1. The van der Waals surface area contributed by atoms with Gasteiger partial charge >= 0.3 is 5.97 Å². The second-order valence-electron chi connectivity index (χ2n) is 7.68. The first kappa shape index (κ1) is 22.0. The highest BCUT2D eigenvalue weighted by Gasteiger charge is 2.18. The largest absolute Gasteiger partial charge is 0.465 e. The number of esters is 1. The summed E-state index contributed by atoms with van der Waals surface area (Å²) in [6, 6.07) is 9.90. The van der Waals surface area contributed by atoms with E-state index < -0.39 is 5.97 Å². The lowest BCUT2D eigenvalue weighted by atomic mass is 9.87. The molecule has 3 rings (SSSR count). The van der Waals surface area contributed by atoms with E-state index in [4.69, 9.17) is 4.74 Å². The number of hydrogen-bond donors (Lipinski definition) is 1. The van der Waals surface area contributed by atoms with Gasteiger partial charge in [-0.2, -0.15) is 0 Å². The Morgan fingerprint density at radius 1 is 1.17 bits per heavy atom. The minimum Gasteiger partial charge on any atom is -0.465 e. The van der Waals surface area contributed by atoms with Gasteiger partial charge in [0.2, 0.25) is 5.91 Å². The van der Waals surface area contributed by atoms with Crippen LogP contribution in [0.5, 0.6) is 0 Å². The van der Waals surface area contributed by atoms with Gasteiger partial charge in [0.15, 0.2) is 11.0 Å². The van der Waals surface area contributed by atoms with Gasteiger partial charge < -0.3 is 14.6 Å². The second kappa shape index (κ2) is 9.01. The number of anilines is 1. The van der Waals surface area contributed by atoms with Gasteiger partial charge in [-0.1, -0.05) is 56.8 Å². The number of hydrogen-bond acceptors (Lipinski definition) is 7. The highest BCUT2D eigenvalue weighted by Crippen LogP contribution is 2.28. The number of benzene rings is 1. The molecule has 1 amide bonds. The Morgan fingerprint density at radius 2 is 1.87 bits per heavy atom. The summed E-state index contributed by atoms with van der Waals surface area (Å²) in [4.78, 5) is 24.1. The Kier molecular flexibility index (Phi) is 6.62. The van der Waals surface area contributed by atoms with Gasteiger partial charge in [-0.25, -0.2) is 4.79 Å². The fraction of sp³-hybridized carbons (Fsp3) is 0.333. The highest BCUT2D eigenvalue weighted by molar-refractivity contribution is 7.99. The number of carbonyl (C=O) groups is 2. The van der Waals surface area contributed by atoms with Crippen LogP contribution in [-0.2, 0) is 22.0 Å². The van der Waals surface area contributed by atoms with Gasteiger partial charge in [0.1, 0.15) is 5.00 Å². The molecule has 0 spiro atoms. The van der Waals surface area contributed by atoms with Crippen LogP contribution in [0, 0.1) is 0 Å². The van der Waals surface area contributed by atoms with Gasteiger partial charge in [-0.15, -0.1) is 21.5 Å². The molecule has 0 saturated carbocycles. The Labute approximate surface area is 183 Å². The van der Waals surface area contributed by atoms with Crippen molar-refractivity contribution in [3.63, 3.8) is 0 Å². The number of aromatic nitrogens is 3. The summed E-state index contributed by atoms with van der Waals surface area (Å²) in [5, 5.41) is 14.1. The molecule has 0 radical (unpaired) electrons. The Bertz CT molecular complexity index is 1050. The molecule has 0 unspecified atom stereocenters. The van der Waals surface area contributed by atoms with E-state index in [1.807, 2.05) is 23.7 Å². The third-order valence-electron chi connectivity index (χ3n) is 4.50. The summed E-state index contributed by atoms with van der Waals surface area (Å²) < 4.78 is 6.59. The van der Waals surface area contributed by atoms with Crippen molar-refractivity contribution in [2.45, 2.75) is 31.3 Å². The number of nitrogens with zero attached hydrogens (tertiary/aromatic N) is 3. The lowest BCUT2D eigenvalue weighted by Gasteiger charge is -2.19. The first-order valence-corrected chi connectivity index (χ1v) is 11.2. The van der Waals surface area contributed by atoms with Crippen molar-refractivity contribution in [1.29, 1.82) is 0 Å². The van der Waals surface area contributed by atoms with Crippen molar-refractivity contribution in [1.82, 2.24) is 14.8 Å². The predicted molar refractivity (Wildman–Crippen MR) is 120 cm³/mol. The van der Waals surface area contributed by atoms with Crippen LogP contribution in [0.25, 0.3) is 11.4 Å². The van der Waals surface area contributed by atoms with E-state index >= 15 is 0 Å². The number of rotatable bonds is 6. The maximum absolute atomic E-state index is 12.3. The van der Waals surface area contributed by atoms with Crippen LogP contribution in [-0.4, -0.2) is 39.5 Å². The molecule has 2 heterocycles. The average molecular weight is 445 g/mol. The van der Waals surface area contributed by atoms with Crippen LogP contribution < -0.4 is 5.32 Å². The van der Waals surface area contributed by atoms with Crippen molar-refractivity contribution >= 4 is 40.0 Å². The van der Waals surface area contributed by atoms with Crippen molar-refractivity contribution in [3.8, 4) is 11.4 Å². The van der Waals surface area contributed by atoms with Crippen LogP contribution in [0.3, 0.4) is 0 Å². The lowest BCUT2D eigenvalue weighted by Crippen LogP contribution is -2.16. The van der Waals surface area contributed by atoms with Crippen molar-refractivity contribution in [3.05, 3.63) is 46.8 Å². The highest BCUT2D eigenvalue weighted by atomic mass is 32.2. The van der Waals surface area contributed by atoms with Gasteiger partial charge in [0.25, 0.3) is 0 Å². The van der Waals surface area contributed by atoms with E-state index in [9.17, 15) is 9.59 Å². The normalized spacial score (nSPS) is 11.4. The molecule has 0 saturated heterocycles. The van der Waals surface area contributed by atoms with Gasteiger partial charge in [-0.05, 0) is 22.4 Å². The minimum absolute atomic E-state index is 0.0864. The van der Waals surface area contributed by atoms with Gasteiger partial charge in [0, 0.05) is 12.6 Å². The molecular weight excluding hydrogens is 420 g/mol. The summed E-state index contributed by atoms with van der Waals surface area (Å²) in [5.41, 5.74) is 2.65. The molecule has 158 valence electrons. The maximum atomic E-state index is 12.3. The van der Waals surface area contributed by atoms with Crippen LogP contribution >= 0.6 is 23.1 Å². The lowest BCUT2D eigenvalue weighted by molar-refractivity contribution is -0.113. The Balaban J connectivity index is 1.65. The molecule has 9 heteroatoms. The summed E-state index contributed by atoms with van der Waals surface area (Å²) >= 11 is 2.56. The molecule has 2 aromatic heterocycles. The van der Waals surface area contributed by atoms with Crippen LogP contribution in [0.1, 0.15) is 36.7 Å². The number of ether oxygens (including phenoxy) is 1. The van der Waals surface area contributed by atoms with E-state index in [2.05, 4.69) is 48.4 Å². The molecule has 1 aromatic carbocycles. The SMILES string of the molecule is COC(=O)c1ccsc1NC(=O)CSc1nnc(-c2ccc(C(C)(C)C)cc2)n1C. The maximum Gasteiger partial charge on any atom is 0.340 e. The topological polar surface area (TPSA) is 86.1 Å². The fourth-order valence-corrected chi connectivity index (χ4v) is 4.28. The van der Waals surface area contributed by atoms with Crippen molar-refractivity contribution in [2.75, 3.05) is 18.2 Å². The Hall–Kier alpha value is -2.65. The zero-order valence-electron chi connectivity index (χ0n) is 17.6. The number of thiophene rings is 1. The quantitative estimate of drug-likeness (QED) is 0.449. The summed E-state index contributed by atoms with van der Waals surface area (Å²) in [6.45, 7) is 6.53. The molecule has 0 atom stereocenters. The van der Waals surface area contributed by atoms with Gasteiger partial charge in [0.05, 0.1) is 18.4 Å². The first-order valence-electron chi connectivity index (χ1n) is 9.29. The molecule has 0 aliphatic heterocycles. The van der Waals surface area contributed by atoms with Crippen LogP contribution in [0.2, 0.25) is 0 Å². The molecule has 0 aliphatic carbocycles. The van der Waals surface area contributed by atoms with Crippen molar-refractivity contribution < 1.29 is 14.3 Å². The van der Waals surface area contributed by atoms with E-state index in [0.29, 0.717) is 15.7 Å². The third kappa shape index (κ3) is 4.91. The molecule has 7 nitrogen and oxygen atoms in total. The van der Waals surface area contributed by atoms with E-state index in [1.54, 1.807) is 11.4 Å². The first-order chi connectivity index (χ1) is 14.2. The summed E-state index contributed by atoms with van der Waals surface area (Å²) in [5.74, 6) is 0.180. The molecule has 3 aromatic rings. The number of nitrogens with one attached hydrogen (secondary N) is 1. The fourth-order valence-electron chi connectivity index (χ4n) is 2.78. The smallest absolute Gasteiger partial charge is 0.340 e. The van der Waals surface area contributed by atoms with E-state index in [-0.39, 0.29) is 17.1 Å². The number of methoxy groups -OCH3 is 1. The Morgan fingerprint density at radius 3 is 2.50 bits per heavy atom. The second-order valence-corrected chi connectivity index (χ2v) is 9.54. The van der Waals surface area contributed by atoms with Crippen LogP contribution in [0.4, 0.5) is 5.00 Å². The zero-order valence-corrected chi connectivity index (χ0v) is 19.2. The van der Waals surface area contributed by atoms with Crippen molar-refractivity contribution in [2.24, 2.45) is 7.05 Å². The molecule has 0 aliphatic rings. The summed E-state index contributed by atoms with van der Waals surface area (Å²) in [7, 11) is 3.19. The molecule has 0 fully saturated rings. The van der Waals surface area contributed by atoms with Gasteiger partial charge in [-0.3, -0.25) is 4.79 Å². The third-order valence-corrected chi connectivity index (χ3v) is 6.35. The number of carbonyl (C=O) groups excluding carboxylic acids is 2. The van der Waals surface area contributed by atoms with E-state index in [1.165, 1.54) is 35.8 Å². The monoisotopic (exact) mass is 444 g/mol. The van der Waals surface area contributed by atoms with Crippen LogP contribution in [0.15, 0.2) is 40.9 Å². The molecule has 0 bridgehead atoms. The molecule has 1 N–H and O–H groups in total. The number of thioether (sulfide) groups is 1. The minimum atomic E-state index is -0.477. The molecule has 30 heavy (non-hydrogen) atoms. The standard InChI is InChI=1S/C21H24N4O3S2/c1-21(2,3)14-8-6-13(7-9-14)17-23-24-20(25(17)4)30-12-16(26)22-18-15(10-11-29-18)19(27)28-5/h6-11H,12H2,1-5H3,(H,22,26). The average Bonchev–Trinajstić information content (AvgIpc) is 3.31. The summed E-state index contributed by atoms with van der Waals surface area (Å²) in [6.07, 6.45) is 0. The molecular formula is C21H24N4O3S2. The zero-order chi connectivity index (χ0) is 21.9.